The van der Waals surface area contributed by atoms with E-state index in [1.165, 1.54) is 18.2 Å². The number of carboxylic acid groups (broad SMARTS) is 1. The lowest BCUT2D eigenvalue weighted by molar-refractivity contribution is 0.0697. The molecule has 0 bridgehead atoms. The van der Waals surface area contributed by atoms with E-state index in [-0.39, 0.29) is 16.6 Å². The van der Waals surface area contributed by atoms with Gasteiger partial charge in [0.25, 0.3) is 0 Å². The number of nitrogens with zero attached hydrogens (tertiary/aromatic N) is 1. The molecule has 21 heavy (non-hydrogen) atoms. The molecule has 0 radical (unpaired) electrons. The summed E-state index contributed by atoms with van der Waals surface area (Å²) < 4.78 is 0. The zero-order valence-electron chi connectivity index (χ0n) is 11.1. The smallest absolute Gasteiger partial charge is 0.337 e. The lowest BCUT2D eigenvalue weighted by Gasteiger charge is -2.13. The van der Waals surface area contributed by atoms with Gasteiger partial charge in [-0.25, -0.2) is 9.59 Å². The number of hydrogen-bond acceptors (Lipinski definition) is 3. The number of H-pyrrole nitrogens is 1. The van der Waals surface area contributed by atoms with Gasteiger partial charge in [0.15, 0.2) is 0 Å². The lowest BCUT2D eigenvalue weighted by atomic mass is 10.2. The number of aromatic amines is 1. The van der Waals surface area contributed by atoms with Gasteiger partial charge in [-0.3, -0.25) is 5.10 Å². The Morgan fingerprint density at radius 3 is 2.81 bits per heavy atom. The number of nitrogens with one attached hydrogen (secondary N) is 3. The van der Waals surface area contributed by atoms with Crippen molar-refractivity contribution in [1.82, 2.24) is 15.5 Å². The van der Waals surface area contributed by atoms with Crippen molar-refractivity contribution in [2.24, 2.45) is 0 Å². The second kappa shape index (κ2) is 6.27. The number of carbonyl (C=O) groups is 2. The highest BCUT2D eigenvalue weighted by molar-refractivity contribution is 6.33. The number of rotatable bonds is 4. The first kappa shape index (κ1) is 14.9. The normalized spacial score (nSPS) is 11.7. The van der Waals surface area contributed by atoms with E-state index in [0.29, 0.717) is 5.69 Å². The second-order valence-corrected chi connectivity index (χ2v) is 4.76. The quantitative estimate of drug-likeness (QED) is 0.696. The second-order valence-electron chi connectivity index (χ2n) is 4.35. The third-order valence-corrected chi connectivity index (χ3v) is 3.15. The van der Waals surface area contributed by atoms with E-state index in [4.69, 9.17) is 16.7 Å². The van der Waals surface area contributed by atoms with Gasteiger partial charge in [0, 0.05) is 17.4 Å². The van der Waals surface area contributed by atoms with Crippen molar-refractivity contribution >= 4 is 29.3 Å². The molecule has 0 fully saturated rings. The number of urea groups is 1. The summed E-state index contributed by atoms with van der Waals surface area (Å²) in [6.07, 6.45) is 3.28. The molecule has 1 atom stereocenters. The summed E-state index contributed by atoms with van der Waals surface area (Å²) in [5, 5.41) is 20.8. The molecule has 110 valence electrons. The lowest BCUT2D eigenvalue weighted by Crippen LogP contribution is -2.31. The number of carbonyl (C=O) groups excluding carboxylic acids is 1. The van der Waals surface area contributed by atoms with Crippen LogP contribution in [0.25, 0.3) is 0 Å². The maximum absolute atomic E-state index is 11.9. The molecule has 2 rings (SSSR count). The first-order chi connectivity index (χ1) is 9.97. The van der Waals surface area contributed by atoms with Gasteiger partial charge < -0.3 is 15.7 Å². The Hall–Kier alpha value is -2.54. The molecule has 0 spiro atoms. The summed E-state index contributed by atoms with van der Waals surface area (Å²) in [6, 6.07) is 3.54. The van der Waals surface area contributed by atoms with E-state index in [1.54, 1.807) is 19.3 Å². The molecule has 1 heterocycles. The summed E-state index contributed by atoms with van der Waals surface area (Å²) in [5.74, 6) is -1.16. The number of halogens is 1. The molecular weight excluding hydrogens is 296 g/mol. The van der Waals surface area contributed by atoms with E-state index < -0.39 is 12.0 Å². The Balaban J connectivity index is 2.03. The number of anilines is 1. The monoisotopic (exact) mass is 308 g/mol. The van der Waals surface area contributed by atoms with Crippen LogP contribution >= 0.6 is 11.6 Å². The van der Waals surface area contributed by atoms with Crippen LogP contribution in [0, 0.1) is 0 Å². The van der Waals surface area contributed by atoms with E-state index in [0.717, 1.165) is 5.56 Å². The van der Waals surface area contributed by atoms with Crippen molar-refractivity contribution in [3.8, 4) is 0 Å². The molecule has 1 unspecified atom stereocenters. The van der Waals surface area contributed by atoms with Crippen LogP contribution in [0.1, 0.15) is 28.9 Å². The van der Waals surface area contributed by atoms with Gasteiger partial charge in [-0.05, 0) is 25.1 Å². The molecule has 0 saturated carbocycles. The summed E-state index contributed by atoms with van der Waals surface area (Å²) in [6.45, 7) is 1.80. The molecule has 1 aromatic carbocycles. The van der Waals surface area contributed by atoms with Gasteiger partial charge >= 0.3 is 12.0 Å². The molecule has 0 aliphatic heterocycles. The molecule has 2 amide bonds. The van der Waals surface area contributed by atoms with Crippen molar-refractivity contribution in [3.63, 3.8) is 0 Å². The molecule has 1 aromatic heterocycles. The van der Waals surface area contributed by atoms with Gasteiger partial charge in [-0.1, -0.05) is 11.6 Å². The van der Waals surface area contributed by atoms with Crippen LogP contribution in [0.3, 0.4) is 0 Å². The molecule has 4 N–H and O–H groups in total. The molecule has 2 aromatic rings. The summed E-state index contributed by atoms with van der Waals surface area (Å²) in [7, 11) is 0. The predicted octanol–water partition coefficient (Wildman–Crippen LogP) is 2.64. The zero-order valence-corrected chi connectivity index (χ0v) is 11.8. The highest BCUT2D eigenvalue weighted by atomic mass is 35.5. The fourth-order valence-electron chi connectivity index (χ4n) is 1.71. The van der Waals surface area contributed by atoms with Crippen molar-refractivity contribution in [2.45, 2.75) is 13.0 Å². The van der Waals surface area contributed by atoms with Crippen LogP contribution in [0.2, 0.25) is 5.02 Å². The Morgan fingerprint density at radius 1 is 1.43 bits per heavy atom. The van der Waals surface area contributed by atoms with Crippen LogP contribution in [-0.2, 0) is 0 Å². The van der Waals surface area contributed by atoms with E-state index in [1.807, 2.05) is 0 Å². The summed E-state index contributed by atoms with van der Waals surface area (Å²) in [5.41, 5.74) is 1.10. The number of benzene rings is 1. The van der Waals surface area contributed by atoms with E-state index >= 15 is 0 Å². The van der Waals surface area contributed by atoms with E-state index in [2.05, 4.69) is 20.8 Å². The Morgan fingerprint density at radius 2 is 2.19 bits per heavy atom. The molecule has 0 aliphatic rings. The number of aromatic carboxylic acids is 1. The van der Waals surface area contributed by atoms with Gasteiger partial charge in [0.2, 0.25) is 0 Å². The van der Waals surface area contributed by atoms with E-state index in [9.17, 15) is 9.59 Å². The third-order valence-electron chi connectivity index (χ3n) is 2.82. The molecule has 0 saturated heterocycles. The fraction of sp³-hybridized carbons (Fsp3) is 0.154. The van der Waals surface area contributed by atoms with Gasteiger partial charge in [0.05, 0.1) is 22.8 Å². The van der Waals surface area contributed by atoms with Crippen molar-refractivity contribution in [3.05, 3.63) is 46.7 Å². The first-order valence-electron chi connectivity index (χ1n) is 6.06. The zero-order chi connectivity index (χ0) is 15.4. The number of aromatic nitrogens is 2. The Labute approximate surface area is 125 Å². The number of carboxylic acids is 1. The fourth-order valence-corrected chi connectivity index (χ4v) is 1.91. The van der Waals surface area contributed by atoms with Gasteiger partial charge in [0.1, 0.15) is 0 Å². The number of amides is 2. The highest BCUT2D eigenvalue weighted by Crippen LogP contribution is 2.20. The highest BCUT2D eigenvalue weighted by Gasteiger charge is 2.13. The molecular formula is C13H13ClN4O3. The van der Waals surface area contributed by atoms with Crippen molar-refractivity contribution < 1.29 is 14.7 Å². The molecule has 7 nitrogen and oxygen atoms in total. The third kappa shape index (κ3) is 3.73. The minimum Gasteiger partial charge on any atom is -0.478 e. The topological polar surface area (TPSA) is 107 Å². The number of hydrogen-bond donors (Lipinski definition) is 4. The molecule has 0 aliphatic carbocycles. The predicted molar refractivity (Wildman–Crippen MR) is 77.6 cm³/mol. The standard InChI is InChI=1S/C13H13ClN4O3/c1-7(8-5-15-16-6-8)17-13(21)18-9-2-3-11(14)10(4-9)12(19)20/h2-7H,1H3,(H,15,16)(H,19,20)(H2,17,18,21). The van der Waals surface area contributed by atoms with Gasteiger partial charge in [-0.15, -0.1) is 0 Å². The minimum absolute atomic E-state index is 0.0719. The average molecular weight is 309 g/mol. The van der Waals surface area contributed by atoms with Crippen LogP contribution in [-0.4, -0.2) is 27.3 Å². The largest absolute Gasteiger partial charge is 0.478 e. The van der Waals surface area contributed by atoms with Crippen LogP contribution < -0.4 is 10.6 Å². The summed E-state index contributed by atoms with van der Waals surface area (Å²) >= 11 is 5.76. The average Bonchev–Trinajstić information content (AvgIpc) is 2.94. The summed E-state index contributed by atoms with van der Waals surface area (Å²) in [4.78, 5) is 22.8. The Kier molecular flexibility index (Phi) is 4.44. The Bertz CT molecular complexity index is 657. The maximum atomic E-state index is 11.9. The van der Waals surface area contributed by atoms with Crippen LogP contribution in [0.5, 0.6) is 0 Å². The molecule has 8 heteroatoms. The SMILES string of the molecule is CC(NC(=O)Nc1ccc(Cl)c(C(=O)O)c1)c1cn[nH]c1. The van der Waals surface area contributed by atoms with Crippen LogP contribution in [0.15, 0.2) is 30.6 Å². The van der Waals surface area contributed by atoms with Crippen molar-refractivity contribution in [1.29, 1.82) is 0 Å². The maximum Gasteiger partial charge on any atom is 0.337 e. The first-order valence-corrected chi connectivity index (χ1v) is 6.44. The van der Waals surface area contributed by atoms with Crippen molar-refractivity contribution in [2.75, 3.05) is 5.32 Å². The minimum atomic E-state index is -1.16. The van der Waals surface area contributed by atoms with Gasteiger partial charge in [-0.2, -0.15) is 5.10 Å². The van der Waals surface area contributed by atoms with Crippen LogP contribution in [0.4, 0.5) is 10.5 Å².